The molecule has 0 saturated carbocycles. The third kappa shape index (κ3) is 1.59. The molecule has 13 heavy (non-hydrogen) atoms. The third-order valence-electron chi connectivity index (χ3n) is 2.02. The molecule has 1 aromatic carbocycles. The first-order valence-electron chi connectivity index (χ1n) is 4.11. The summed E-state index contributed by atoms with van der Waals surface area (Å²) in [5.74, 6) is -0.796. The fraction of sp³-hybridized carbons (Fsp3) is 0.200. The largest absolute Gasteiger partial charge is 0.481 e. The normalized spacial score (nSPS) is 12.9. The molecule has 0 saturated heterocycles. The average Bonchev–Trinajstić information content (AvgIpc) is 2.49. The molecule has 0 amide bonds. The lowest BCUT2D eigenvalue weighted by atomic mass is 10.1. The third-order valence-corrected chi connectivity index (χ3v) is 2.02. The first-order valence-corrected chi connectivity index (χ1v) is 4.11. The van der Waals surface area contributed by atoms with Crippen LogP contribution < -0.4 is 10.6 Å². The Hall–Kier alpha value is -1.64. The maximum absolute atomic E-state index is 10.4. The monoisotopic (exact) mass is 175 g/mol. The molecular formula is C10H9NO2. The van der Waals surface area contributed by atoms with Gasteiger partial charge in [-0.25, -0.2) is 0 Å². The Balaban J connectivity index is 2.43. The van der Waals surface area contributed by atoms with Crippen LogP contribution in [0.15, 0.2) is 23.2 Å². The second-order valence-electron chi connectivity index (χ2n) is 3.01. The minimum Gasteiger partial charge on any atom is -0.481 e. The summed E-state index contributed by atoms with van der Waals surface area (Å²) in [7, 11) is 0. The number of carboxylic acids is 1. The lowest BCUT2D eigenvalue weighted by molar-refractivity contribution is -0.136. The quantitative estimate of drug-likeness (QED) is 0.672. The Kier molecular flexibility index (Phi) is 1.85. The molecule has 0 aromatic heterocycles. The van der Waals surface area contributed by atoms with E-state index in [1.807, 2.05) is 24.3 Å². The van der Waals surface area contributed by atoms with E-state index in [1.165, 1.54) is 0 Å². The van der Waals surface area contributed by atoms with Crippen LogP contribution in [-0.2, 0) is 11.2 Å². The van der Waals surface area contributed by atoms with Crippen LogP contribution in [0.3, 0.4) is 0 Å². The number of fused-ring (bicyclic) bond motifs is 1. The smallest absolute Gasteiger partial charge is 0.307 e. The van der Waals surface area contributed by atoms with Gasteiger partial charge in [-0.2, -0.15) is 0 Å². The van der Waals surface area contributed by atoms with Crippen molar-refractivity contribution in [2.45, 2.75) is 6.42 Å². The van der Waals surface area contributed by atoms with E-state index >= 15 is 0 Å². The molecule has 0 unspecified atom stereocenters. The lowest BCUT2D eigenvalue weighted by Crippen LogP contribution is -2.22. The fourth-order valence-electron chi connectivity index (χ4n) is 1.44. The van der Waals surface area contributed by atoms with E-state index < -0.39 is 5.97 Å². The Morgan fingerprint density at radius 3 is 3.15 bits per heavy atom. The maximum atomic E-state index is 10.4. The molecule has 3 nitrogen and oxygen atoms in total. The minimum atomic E-state index is -0.796. The van der Waals surface area contributed by atoms with Crippen LogP contribution in [0.5, 0.6) is 0 Å². The minimum absolute atomic E-state index is 0.0844. The van der Waals surface area contributed by atoms with Crippen LogP contribution in [0.4, 0.5) is 0 Å². The van der Waals surface area contributed by atoms with Gasteiger partial charge in [-0.3, -0.25) is 9.79 Å². The predicted molar refractivity (Wildman–Crippen MR) is 47.9 cm³/mol. The highest BCUT2D eigenvalue weighted by atomic mass is 16.4. The van der Waals surface area contributed by atoms with Crippen molar-refractivity contribution in [2.75, 3.05) is 6.54 Å². The molecule has 0 fully saturated rings. The van der Waals surface area contributed by atoms with Gasteiger partial charge in [-0.15, -0.1) is 0 Å². The fourth-order valence-corrected chi connectivity index (χ4v) is 1.44. The number of carbonyl (C=O) groups is 1. The zero-order valence-corrected chi connectivity index (χ0v) is 7.03. The number of hydrogen-bond acceptors (Lipinski definition) is 2. The number of carboxylic acid groups (broad SMARTS) is 1. The van der Waals surface area contributed by atoms with Crippen LogP contribution >= 0.6 is 0 Å². The highest BCUT2D eigenvalue weighted by Gasteiger charge is 2.01. The molecule has 0 spiro atoms. The topological polar surface area (TPSA) is 49.7 Å². The van der Waals surface area contributed by atoms with Gasteiger partial charge in [0.2, 0.25) is 0 Å². The number of hydrogen-bond donors (Lipinski definition) is 1. The molecule has 3 heteroatoms. The summed E-state index contributed by atoms with van der Waals surface area (Å²) >= 11 is 0. The van der Waals surface area contributed by atoms with Crippen molar-refractivity contribution in [1.82, 2.24) is 0 Å². The second kappa shape index (κ2) is 3.01. The molecule has 2 rings (SSSR count). The molecule has 0 aliphatic carbocycles. The predicted octanol–water partition coefficient (Wildman–Crippen LogP) is -0.273. The summed E-state index contributed by atoms with van der Waals surface area (Å²) in [5.41, 5.74) is 0.833. The zero-order valence-electron chi connectivity index (χ0n) is 7.03. The zero-order chi connectivity index (χ0) is 9.26. The molecule has 66 valence electrons. The molecule has 1 heterocycles. The number of nitrogens with zero attached hydrogens (tertiary/aromatic N) is 1. The first kappa shape index (κ1) is 7.98. The van der Waals surface area contributed by atoms with Crippen molar-refractivity contribution in [1.29, 1.82) is 0 Å². The Labute approximate surface area is 75.0 Å². The van der Waals surface area contributed by atoms with Crippen LogP contribution in [-0.4, -0.2) is 17.6 Å². The van der Waals surface area contributed by atoms with E-state index in [0.717, 1.165) is 16.1 Å². The summed E-state index contributed by atoms with van der Waals surface area (Å²) in [6, 6.07) is 5.58. The van der Waals surface area contributed by atoms with E-state index in [4.69, 9.17) is 5.11 Å². The van der Waals surface area contributed by atoms with Gasteiger partial charge in [0.25, 0.3) is 0 Å². The summed E-state index contributed by atoms with van der Waals surface area (Å²) < 4.78 is 0. The Bertz CT molecular complexity index is 462. The SMILES string of the molecule is O=C(O)Cc1ccc2c(c1)=CCN=2. The molecular weight excluding hydrogens is 166 g/mol. The highest BCUT2D eigenvalue weighted by Crippen LogP contribution is 1.95. The summed E-state index contributed by atoms with van der Waals surface area (Å²) in [6.07, 6.45) is 2.09. The van der Waals surface area contributed by atoms with E-state index in [-0.39, 0.29) is 6.42 Å². The highest BCUT2D eigenvalue weighted by molar-refractivity contribution is 5.70. The van der Waals surface area contributed by atoms with Gasteiger partial charge in [0, 0.05) is 0 Å². The van der Waals surface area contributed by atoms with E-state index in [2.05, 4.69) is 4.99 Å². The standard InChI is InChI=1S/C10H9NO2/c12-10(13)6-7-1-2-9-8(5-7)3-4-11-9/h1-3,5H,4,6H2,(H,12,13). The maximum Gasteiger partial charge on any atom is 0.307 e. The van der Waals surface area contributed by atoms with Crippen LogP contribution in [0.25, 0.3) is 6.08 Å². The van der Waals surface area contributed by atoms with Crippen molar-refractivity contribution < 1.29 is 9.90 Å². The van der Waals surface area contributed by atoms with E-state index in [1.54, 1.807) is 0 Å². The molecule has 1 aliphatic rings. The molecule has 0 radical (unpaired) electrons. The van der Waals surface area contributed by atoms with Crippen molar-refractivity contribution >= 4 is 12.0 Å². The van der Waals surface area contributed by atoms with Gasteiger partial charge in [0.05, 0.1) is 18.3 Å². The van der Waals surface area contributed by atoms with Crippen LogP contribution in [0.1, 0.15) is 5.56 Å². The number of benzene rings is 1. The number of rotatable bonds is 2. The van der Waals surface area contributed by atoms with E-state index in [0.29, 0.717) is 6.54 Å². The Morgan fingerprint density at radius 1 is 1.54 bits per heavy atom. The van der Waals surface area contributed by atoms with Gasteiger partial charge in [0.15, 0.2) is 0 Å². The van der Waals surface area contributed by atoms with Gasteiger partial charge in [0.1, 0.15) is 0 Å². The lowest BCUT2D eigenvalue weighted by Gasteiger charge is -1.94. The second-order valence-corrected chi connectivity index (χ2v) is 3.01. The molecule has 1 N–H and O–H groups in total. The molecule has 0 bridgehead atoms. The summed E-state index contributed by atoms with van der Waals surface area (Å²) in [4.78, 5) is 14.7. The molecule has 0 atom stereocenters. The van der Waals surface area contributed by atoms with Gasteiger partial charge in [-0.05, 0) is 22.9 Å². The van der Waals surface area contributed by atoms with Crippen molar-refractivity contribution in [2.24, 2.45) is 4.99 Å². The number of aliphatic carboxylic acids is 1. The van der Waals surface area contributed by atoms with Gasteiger partial charge < -0.3 is 5.11 Å². The van der Waals surface area contributed by atoms with Gasteiger partial charge >= 0.3 is 5.97 Å². The summed E-state index contributed by atoms with van der Waals surface area (Å²) in [6.45, 7) is 0.714. The first-order chi connectivity index (χ1) is 6.25. The van der Waals surface area contributed by atoms with Gasteiger partial charge in [-0.1, -0.05) is 12.1 Å². The average molecular weight is 175 g/mol. The van der Waals surface area contributed by atoms with Crippen LogP contribution in [0.2, 0.25) is 0 Å². The Morgan fingerprint density at radius 2 is 2.38 bits per heavy atom. The molecule has 1 aromatic rings. The van der Waals surface area contributed by atoms with E-state index in [9.17, 15) is 4.79 Å². The molecule has 1 aliphatic heterocycles. The van der Waals surface area contributed by atoms with Crippen molar-refractivity contribution in [3.8, 4) is 0 Å². The van der Waals surface area contributed by atoms with Crippen LogP contribution in [0, 0.1) is 0 Å². The van der Waals surface area contributed by atoms with Crippen molar-refractivity contribution in [3.05, 3.63) is 34.3 Å². The summed E-state index contributed by atoms with van der Waals surface area (Å²) in [5, 5.41) is 10.6. The van der Waals surface area contributed by atoms with Crippen molar-refractivity contribution in [3.63, 3.8) is 0 Å².